The van der Waals surface area contributed by atoms with Gasteiger partial charge in [0.05, 0.1) is 17.4 Å². The second-order valence-electron chi connectivity index (χ2n) is 5.25. The molecule has 1 aliphatic heterocycles. The van der Waals surface area contributed by atoms with Crippen molar-refractivity contribution in [3.05, 3.63) is 23.8 Å². The van der Waals surface area contributed by atoms with Gasteiger partial charge in [-0.1, -0.05) is 6.92 Å². The van der Waals surface area contributed by atoms with Gasteiger partial charge in [0, 0.05) is 13.1 Å². The summed E-state index contributed by atoms with van der Waals surface area (Å²) >= 11 is 0. The van der Waals surface area contributed by atoms with Crippen molar-refractivity contribution in [1.82, 2.24) is 4.31 Å². The number of hydrogen-bond donors (Lipinski definition) is 3. The number of nitrogens with zero attached hydrogens (tertiary/aromatic N) is 1. The van der Waals surface area contributed by atoms with E-state index < -0.39 is 22.1 Å². The number of aromatic carboxylic acids is 1. The van der Waals surface area contributed by atoms with Gasteiger partial charge in [-0.3, -0.25) is 0 Å². The molecule has 1 fully saturated rings. The summed E-state index contributed by atoms with van der Waals surface area (Å²) in [6.07, 6.45) is -0.142. The van der Waals surface area contributed by atoms with Gasteiger partial charge in [0.15, 0.2) is 0 Å². The van der Waals surface area contributed by atoms with Crippen molar-refractivity contribution in [1.29, 1.82) is 0 Å². The van der Waals surface area contributed by atoms with E-state index in [2.05, 4.69) is 0 Å². The van der Waals surface area contributed by atoms with Crippen LogP contribution in [0.15, 0.2) is 23.1 Å². The highest BCUT2D eigenvalue weighted by molar-refractivity contribution is 7.89. The molecule has 8 heteroatoms. The Morgan fingerprint density at radius 2 is 2.10 bits per heavy atom. The number of anilines is 1. The number of hydrogen-bond acceptors (Lipinski definition) is 5. The molecule has 0 amide bonds. The predicted octanol–water partition coefficient (Wildman–Crippen LogP) is 0.358. The average Bonchev–Trinajstić information content (AvgIpc) is 2.41. The highest BCUT2D eigenvalue weighted by Gasteiger charge is 2.33. The van der Waals surface area contributed by atoms with Crippen molar-refractivity contribution < 1.29 is 23.4 Å². The highest BCUT2D eigenvalue weighted by atomic mass is 32.2. The molecule has 4 N–H and O–H groups in total. The number of aliphatic hydroxyl groups excluding tert-OH is 1. The van der Waals surface area contributed by atoms with Crippen LogP contribution < -0.4 is 5.73 Å². The van der Waals surface area contributed by atoms with E-state index in [4.69, 9.17) is 10.8 Å². The quantitative estimate of drug-likeness (QED) is 0.693. The van der Waals surface area contributed by atoms with E-state index in [0.717, 1.165) is 6.07 Å². The van der Waals surface area contributed by atoms with Crippen molar-refractivity contribution in [3.63, 3.8) is 0 Å². The number of carboxylic acids is 1. The Kier molecular flexibility index (Phi) is 4.22. The van der Waals surface area contributed by atoms with Crippen molar-refractivity contribution in [2.24, 2.45) is 5.92 Å². The molecule has 0 spiro atoms. The Labute approximate surface area is 123 Å². The molecule has 7 nitrogen and oxygen atoms in total. The SMILES string of the molecule is CC1CN(S(=O)(=O)c2ccc(C(=O)O)cc2N)CCC1O. The van der Waals surface area contributed by atoms with Gasteiger partial charge in [0.25, 0.3) is 0 Å². The van der Waals surface area contributed by atoms with Crippen LogP contribution in [0.5, 0.6) is 0 Å². The minimum atomic E-state index is -3.79. The van der Waals surface area contributed by atoms with Gasteiger partial charge in [-0.05, 0) is 30.5 Å². The largest absolute Gasteiger partial charge is 0.478 e. The molecule has 0 aromatic heterocycles. The third-order valence-electron chi connectivity index (χ3n) is 3.70. The summed E-state index contributed by atoms with van der Waals surface area (Å²) in [6, 6.07) is 3.56. The summed E-state index contributed by atoms with van der Waals surface area (Å²) in [5.41, 5.74) is 5.54. The van der Waals surface area contributed by atoms with Gasteiger partial charge < -0.3 is 15.9 Å². The zero-order valence-electron chi connectivity index (χ0n) is 11.6. The molecule has 1 aromatic rings. The van der Waals surface area contributed by atoms with Crippen LogP contribution in [0.2, 0.25) is 0 Å². The number of sulfonamides is 1. The molecule has 2 rings (SSSR count). The van der Waals surface area contributed by atoms with Gasteiger partial charge in [0.1, 0.15) is 4.90 Å². The number of carboxylic acid groups (broad SMARTS) is 1. The highest BCUT2D eigenvalue weighted by Crippen LogP contribution is 2.27. The summed E-state index contributed by atoms with van der Waals surface area (Å²) in [7, 11) is -3.79. The maximum absolute atomic E-state index is 12.6. The first-order valence-corrected chi connectivity index (χ1v) is 7.98. The van der Waals surface area contributed by atoms with Gasteiger partial charge in [-0.25, -0.2) is 13.2 Å². The van der Waals surface area contributed by atoms with Crippen LogP contribution in [0.4, 0.5) is 5.69 Å². The summed E-state index contributed by atoms with van der Waals surface area (Å²) in [5.74, 6) is -1.33. The normalized spacial score (nSPS) is 23.9. The lowest BCUT2D eigenvalue weighted by Crippen LogP contribution is -2.45. The second-order valence-corrected chi connectivity index (χ2v) is 7.16. The van der Waals surface area contributed by atoms with E-state index >= 15 is 0 Å². The monoisotopic (exact) mass is 314 g/mol. The Morgan fingerprint density at radius 1 is 1.43 bits per heavy atom. The average molecular weight is 314 g/mol. The molecule has 116 valence electrons. The van der Waals surface area contributed by atoms with E-state index in [1.807, 2.05) is 0 Å². The fourth-order valence-corrected chi connectivity index (χ4v) is 4.02. The number of aliphatic hydroxyl groups is 1. The maximum Gasteiger partial charge on any atom is 0.335 e. The van der Waals surface area contributed by atoms with E-state index in [1.54, 1.807) is 6.92 Å². The summed E-state index contributed by atoms with van der Waals surface area (Å²) in [5, 5.41) is 18.5. The van der Waals surface area contributed by atoms with Crippen molar-refractivity contribution >= 4 is 21.7 Å². The van der Waals surface area contributed by atoms with Crippen molar-refractivity contribution in [2.45, 2.75) is 24.3 Å². The van der Waals surface area contributed by atoms with Crippen molar-refractivity contribution in [2.75, 3.05) is 18.8 Å². The van der Waals surface area contributed by atoms with Gasteiger partial charge >= 0.3 is 5.97 Å². The molecule has 1 aromatic carbocycles. The Morgan fingerprint density at radius 3 is 2.62 bits per heavy atom. The molecule has 0 aliphatic carbocycles. The summed E-state index contributed by atoms with van der Waals surface area (Å²) in [4.78, 5) is 10.8. The lowest BCUT2D eigenvalue weighted by molar-refractivity contribution is 0.0628. The third kappa shape index (κ3) is 3.02. The lowest BCUT2D eigenvalue weighted by atomic mass is 9.99. The second kappa shape index (κ2) is 5.63. The first-order valence-electron chi connectivity index (χ1n) is 6.54. The van der Waals surface area contributed by atoms with Crippen LogP contribution in [-0.4, -0.2) is 48.1 Å². The number of rotatable bonds is 3. The predicted molar refractivity (Wildman–Crippen MR) is 76.4 cm³/mol. The van der Waals surface area contributed by atoms with Crippen LogP contribution in [-0.2, 0) is 10.0 Å². The molecular weight excluding hydrogens is 296 g/mol. The van der Waals surface area contributed by atoms with E-state index in [9.17, 15) is 18.3 Å². The molecule has 1 saturated heterocycles. The Balaban J connectivity index is 2.34. The molecule has 0 saturated carbocycles. The van der Waals surface area contributed by atoms with Gasteiger partial charge in [-0.2, -0.15) is 4.31 Å². The fourth-order valence-electron chi connectivity index (χ4n) is 2.37. The van der Waals surface area contributed by atoms with Crippen LogP contribution in [0.3, 0.4) is 0 Å². The van der Waals surface area contributed by atoms with E-state index in [-0.39, 0.29) is 35.2 Å². The molecular formula is C13H18N2O5S. The maximum atomic E-state index is 12.6. The molecule has 2 atom stereocenters. The van der Waals surface area contributed by atoms with E-state index in [0.29, 0.717) is 6.42 Å². The summed E-state index contributed by atoms with van der Waals surface area (Å²) in [6.45, 7) is 2.21. The molecule has 1 aliphatic rings. The van der Waals surface area contributed by atoms with Crippen molar-refractivity contribution in [3.8, 4) is 0 Å². The molecule has 2 unspecified atom stereocenters. The van der Waals surface area contributed by atoms with Crippen LogP contribution >= 0.6 is 0 Å². The zero-order valence-corrected chi connectivity index (χ0v) is 12.4. The number of benzene rings is 1. The van der Waals surface area contributed by atoms with E-state index in [1.165, 1.54) is 16.4 Å². The lowest BCUT2D eigenvalue weighted by Gasteiger charge is -2.33. The minimum absolute atomic E-state index is 0.0612. The standard InChI is InChI=1S/C13H18N2O5S/c1-8-7-15(5-4-11(8)16)21(19,20)12-3-2-9(13(17)18)6-10(12)14/h2-3,6,8,11,16H,4-5,7,14H2,1H3,(H,17,18). The zero-order chi connectivity index (χ0) is 15.8. The topological polar surface area (TPSA) is 121 Å². The fraction of sp³-hybridized carbons (Fsp3) is 0.462. The first kappa shape index (κ1) is 15.7. The van der Waals surface area contributed by atoms with Crippen LogP contribution in [0, 0.1) is 5.92 Å². The number of carbonyl (C=O) groups is 1. The third-order valence-corrected chi connectivity index (χ3v) is 5.64. The van der Waals surface area contributed by atoms with Gasteiger partial charge in [0.2, 0.25) is 10.0 Å². The minimum Gasteiger partial charge on any atom is -0.478 e. The molecule has 0 bridgehead atoms. The van der Waals surface area contributed by atoms with Crippen LogP contribution in [0.1, 0.15) is 23.7 Å². The number of piperidine rings is 1. The van der Waals surface area contributed by atoms with Gasteiger partial charge in [-0.15, -0.1) is 0 Å². The summed E-state index contributed by atoms with van der Waals surface area (Å²) < 4.78 is 26.4. The van der Waals surface area contributed by atoms with Crippen LogP contribution in [0.25, 0.3) is 0 Å². The smallest absolute Gasteiger partial charge is 0.335 e. The Bertz CT molecular complexity index is 659. The molecule has 1 heterocycles. The Hall–Kier alpha value is -1.64. The number of nitrogens with two attached hydrogens (primary N) is 1. The molecule has 21 heavy (non-hydrogen) atoms. The number of nitrogen functional groups attached to an aromatic ring is 1. The first-order chi connectivity index (χ1) is 9.73. The molecule has 0 radical (unpaired) electrons.